The van der Waals surface area contributed by atoms with Gasteiger partial charge in [-0.2, -0.15) is 13.2 Å². The molecule has 17 heavy (non-hydrogen) atoms. The van der Waals surface area contributed by atoms with Gasteiger partial charge in [-0.3, -0.25) is 0 Å². The molecule has 0 unspecified atom stereocenters. The van der Waals surface area contributed by atoms with E-state index >= 15 is 0 Å². The Morgan fingerprint density at radius 3 is 2.53 bits per heavy atom. The molecular formula is C11H10F3N3. The summed E-state index contributed by atoms with van der Waals surface area (Å²) in [6.07, 6.45) is -1.32. The lowest BCUT2D eigenvalue weighted by Gasteiger charge is -2.12. The van der Waals surface area contributed by atoms with Crippen LogP contribution in [-0.2, 0) is 6.18 Å². The lowest BCUT2D eigenvalue weighted by atomic mass is 10.1. The summed E-state index contributed by atoms with van der Waals surface area (Å²) >= 11 is 0. The van der Waals surface area contributed by atoms with Gasteiger partial charge in [-0.25, -0.2) is 4.98 Å². The third kappa shape index (κ3) is 2.11. The first-order chi connectivity index (χ1) is 7.89. The predicted molar refractivity (Wildman–Crippen MR) is 57.7 cm³/mol. The highest BCUT2D eigenvalue weighted by Gasteiger charge is 2.33. The van der Waals surface area contributed by atoms with Gasteiger partial charge in [0.2, 0.25) is 0 Å². The number of hydrogen-bond acceptors (Lipinski definition) is 2. The van der Waals surface area contributed by atoms with Gasteiger partial charge in [0.25, 0.3) is 0 Å². The van der Waals surface area contributed by atoms with Crippen LogP contribution in [0.2, 0.25) is 0 Å². The van der Waals surface area contributed by atoms with E-state index in [1.54, 1.807) is 17.7 Å². The summed E-state index contributed by atoms with van der Waals surface area (Å²) in [6, 6.07) is 3.79. The number of hydrogen-bond donors (Lipinski definition) is 1. The Labute approximate surface area is 95.7 Å². The van der Waals surface area contributed by atoms with Crippen LogP contribution in [-0.4, -0.2) is 9.55 Å². The first kappa shape index (κ1) is 11.5. The van der Waals surface area contributed by atoms with Gasteiger partial charge in [0.05, 0.1) is 5.56 Å². The SMILES string of the molecule is Cc1nccn1-c1ccc(N)c(C(F)(F)F)c1. The Balaban J connectivity index is 2.56. The Kier molecular flexibility index (Phi) is 2.57. The first-order valence-electron chi connectivity index (χ1n) is 4.86. The molecule has 0 bridgehead atoms. The van der Waals surface area contributed by atoms with E-state index < -0.39 is 11.7 Å². The number of anilines is 1. The van der Waals surface area contributed by atoms with Crippen molar-refractivity contribution in [1.29, 1.82) is 0 Å². The fraction of sp³-hybridized carbons (Fsp3) is 0.182. The summed E-state index contributed by atoms with van der Waals surface area (Å²) < 4.78 is 39.6. The van der Waals surface area contributed by atoms with Crippen molar-refractivity contribution in [3.8, 4) is 5.69 Å². The van der Waals surface area contributed by atoms with Crippen LogP contribution in [0.5, 0.6) is 0 Å². The van der Waals surface area contributed by atoms with Crippen LogP contribution in [0.3, 0.4) is 0 Å². The molecule has 0 fully saturated rings. The van der Waals surface area contributed by atoms with Gasteiger partial charge < -0.3 is 10.3 Å². The van der Waals surface area contributed by atoms with Gasteiger partial charge in [0.1, 0.15) is 5.82 Å². The van der Waals surface area contributed by atoms with E-state index in [0.717, 1.165) is 6.07 Å². The second-order valence-corrected chi connectivity index (χ2v) is 3.61. The lowest BCUT2D eigenvalue weighted by molar-refractivity contribution is -0.136. The fourth-order valence-corrected chi connectivity index (χ4v) is 1.59. The predicted octanol–water partition coefficient (Wildman–Crippen LogP) is 2.78. The van der Waals surface area contributed by atoms with E-state index in [4.69, 9.17) is 5.73 Å². The zero-order chi connectivity index (χ0) is 12.6. The molecule has 90 valence electrons. The zero-order valence-corrected chi connectivity index (χ0v) is 8.99. The van der Waals surface area contributed by atoms with Crippen molar-refractivity contribution in [2.75, 3.05) is 5.73 Å². The molecular weight excluding hydrogens is 231 g/mol. The standard InChI is InChI=1S/C11H10F3N3/c1-7-16-4-5-17(7)8-2-3-10(15)9(6-8)11(12,13)14/h2-6H,15H2,1H3. The second kappa shape index (κ2) is 3.80. The van der Waals surface area contributed by atoms with E-state index in [9.17, 15) is 13.2 Å². The minimum atomic E-state index is -4.45. The number of imidazole rings is 1. The van der Waals surface area contributed by atoms with E-state index in [1.165, 1.54) is 18.3 Å². The molecule has 0 saturated heterocycles. The smallest absolute Gasteiger partial charge is 0.398 e. The summed E-state index contributed by atoms with van der Waals surface area (Å²) in [5.41, 5.74) is 4.60. The van der Waals surface area contributed by atoms with Gasteiger partial charge in [0, 0.05) is 23.8 Å². The fourth-order valence-electron chi connectivity index (χ4n) is 1.59. The number of rotatable bonds is 1. The zero-order valence-electron chi connectivity index (χ0n) is 8.99. The van der Waals surface area contributed by atoms with Gasteiger partial charge >= 0.3 is 6.18 Å². The average Bonchev–Trinajstić information content (AvgIpc) is 2.63. The lowest BCUT2D eigenvalue weighted by Crippen LogP contribution is -2.10. The highest BCUT2D eigenvalue weighted by molar-refractivity contribution is 5.54. The van der Waals surface area contributed by atoms with Crippen molar-refractivity contribution in [3.63, 3.8) is 0 Å². The molecule has 0 aliphatic carbocycles. The molecule has 6 heteroatoms. The molecule has 0 atom stereocenters. The largest absolute Gasteiger partial charge is 0.418 e. The molecule has 0 aliphatic heterocycles. The van der Waals surface area contributed by atoms with Gasteiger partial charge in [-0.05, 0) is 25.1 Å². The number of nitrogen functional groups attached to an aromatic ring is 1. The highest BCUT2D eigenvalue weighted by Crippen LogP contribution is 2.34. The molecule has 2 N–H and O–H groups in total. The van der Waals surface area contributed by atoms with E-state index in [1.807, 2.05) is 0 Å². The van der Waals surface area contributed by atoms with Crippen LogP contribution < -0.4 is 5.73 Å². The number of alkyl halides is 3. The Hall–Kier alpha value is -1.98. The van der Waals surface area contributed by atoms with E-state index in [0.29, 0.717) is 11.5 Å². The van der Waals surface area contributed by atoms with Crippen molar-refractivity contribution in [2.45, 2.75) is 13.1 Å². The second-order valence-electron chi connectivity index (χ2n) is 3.61. The summed E-state index contributed by atoms with van der Waals surface area (Å²) in [5.74, 6) is 0.614. The third-order valence-electron chi connectivity index (χ3n) is 2.45. The summed E-state index contributed by atoms with van der Waals surface area (Å²) in [7, 11) is 0. The topological polar surface area (TPSA) is 43.8 Å². The Morgan fingerprint density at radius 2 is 2.00 bits per heavy atom. The molecule has 0 aliphatic rings. The number of halogens is 3. The number of benzene rings is 1. The minimum Gasteiger partial charge on any atom is -0.398 e. The Morgan fingerprint density at radius 1 is 1.29 bits per heavy atom. The summed E-state index contributed by atoms with van der Waals surface area (Å²) in [6.45, 7) is 1.71. The van der Waals surface area contributed by atoms with Crippen molar-refractivity contribution >= 4 is 5.69 Å². The van der Waals surface area contributed by atoms with Crippen molar-refractivity contribution in [2.24, 2.45) is 0 Å². The molecule has 0 saturated carbocycles. The molecule has 1 aromatic heterocycles. The van der Waals surface area contributed by atoms with Crippen molar-refractivity contribution in [3.05, 3.63) is 42.0 Å². The molecule has 0 amide bonds. The first-order valence-corrected chi connectivity index (χ1v) is 4.86. The molecule has 1 aromatic carbocycles. The van der Waals surface area contributed by atoms with E-state index in [2.05, 4.69) is 4.98 Å². The Bertz CT molecular complexity index is 543. The monoisotopic (exact) mass is 241 g/mol. The third-order valence-corrected chi connectivity index (χ3v) is 2.45. The van der Waals surface area contributed by atoms with Gasteiger partial charge in [-0.1, -0.05) is 0 Å². The highest BCUT2D eigenvalue weighted by atomic mass is 19.4. The number of nitrogens with two attached hydrogens (primary N) is 1. The van der Waals surface area contributed by atoms with Gasteiger partial charge in [-0.15, -0.1) is 0 Å². The minimum absolute atomic E-state index is 0.279. The number of aryl methyl sites for hydroxylation is 1. The van der Waals surface area contributed by atoms with Gasteiger partial charge in [0.15, 0.2) is 0 Å². The summed E-state index contributed by atoms with van der Waals surface area (Å²) in [5, 5.41) is 0. The molecule has 2 rings (SSSR count). The van der Waals surface area contributed by atoms with Crippen LogP contribution in [0.25, 0.3) is 5.69 Å². The van der Waals surface area contributed by atoms with Crippen LogP contribution >= 0.6 is 0 Å². The van der Waals surface area contributed by atoms with Crippen molar-refractivity contribution < 1.29 is 13.2 Å². The maximum Gasteiger partial charge on any atom is 0.418 e. The normalized spacial score (nSPS) is 11.8. The van der Waals surface area contributed by atoms with Crippen LogP contribution in [0.15, 0.2) is 30.6 Å². The number of aromatic nitrogens is 2. The average molecular weight is 241 g/mol. The quantitative estimate of drug-likeness (QED) is 0.780. The summed E-state index contributed by atoms with van der Waals surface area (Å²) in [4.78, 5) is 3.96. The van der Waals surface area contributed by atoms with Crippen LogP contribution in [0, 0.1) is 6.92 Å². The van der Waals surface area contributed by atoms with Crippen LogP contribution in [0.4, 0.5) is 18.9 Å². The molecule has 3 nitrogen and oxygen atoms in total. The molecule has 2 aromatic rings. The van der Waals surface area contributed by atoms with Crippen LogP contribution in [0.1, 0.15) is 11.4 Å². The maximum atomic E-state index is 12.7. The molecule has 1 heterocycles. The molecule has 0 radical (unpaired) electrons. The maximum absolute atomic E-state index is 12.7. The molecule has 0 spiro atoms. The van der Waals surface area contributed by atoms with E-state index in [-0.39, 0.29) is 5.69 Å². The van der Waals surface area contributed by atoms with Crippen molar-refractivity contribution in [1.82, 2.24) is 9.55 Å². The number of nitrogens with zero attached hydrogens (tertiary/aromatic N) is 2.